The smallest absolute Gasteiger partial charge is 0.266 e. The summed E-state index contributed by atoms with van der Waals surface area (Å²) >= 11 is 1.30. The van der Waals surface area contributed by atoms with E-state index in [1.54, 1.807) is 10.6 Å². The van der Waals surface area contributed by atoms with Crippen molar-refractivity contribution in [2.45, 2.75) is 50.4 Å². The SMILES string of the molecule is CCCCc1ccc(-n2c(S[C@@H](C)C(=O)NCC)nc3ccccc3c2=O)cc1. The number of fused-ring (bicyclic) bond motifs is 1. The van der Waals surface area contributed by atoms with E-state index in [1.165, 1.54) is 17.3 Å². The Morgan fingerprint density at radius 2 is 1.86 bits per heavy atom. The second kappa shape index (κ2) is 9.74. The predicted octanol–water partition coefficient (Wildman–Crippen LogP) is 4.35. The normalized spacial score (nSPS) is 12.1. The Bertz CT molecular complexity index is 1040. The lowest BCUT2D eigenvalue weighted by molar-refractivity contribution is -0.120. The van der Waals surface area contributed by atoms with Gasteiger partial charge < -0.3 is 5.32 Å². The number of unbranched alkanes of at least 4 members (excludes halogenated alkanes) is 1. The molecule has 1 amide bonds. The third-order valence-corrected chi connectivity index (χ3v) is 5.81. The minimum absolute atomic E-state index is 0.0682. The van der Waals surface area contributed by atoms with Crippen molar-refractivity contribution >= 4 is 28.6 Å². The molecular formula is C23H27N3O2S. The van der Waals surface area contributed by atoms with Gasteiger partial charge in [0.1, 0.15) is 0 Å². The second-order valence-electron chi connectivity index (χ2n) is 6.98. The maximum Gasteiger partial charge on any atom is 0.266 e. The lowest BCUT2D eigenvalue weighted by Crippen LogP contribution is -2.31. The van der Waals surface area contributed by atoms with Gasteiger partial charge in [-0.3, -0.25) is 14.2 Å². The molecule has 1 N–H and O–H groups in total. The van der Waals surface area contributed by atoms with Crippen molar-refractivity contribution in [2.24, 2.45) is 0 Å². The van der Waals surface area contributed by atoms with Crippen LogP contribution in [0.25, 0.3) is 16.6 Å². The molecule has 0 aliphatic rings. The minimum Gasteiger partial charge on any atom is -0.355 e. The largest absolute Gasteiger partial charge is 0.355 e. The van der Waals surface area contributed by atoms with Crippen LogP contribution < -0.4 is 10.9 Å². The van der Waals surface area contributed by atoms with Crippen LogP contribution >= 0.6 is 11.8 Å². The predicted molar refractivity (Wildman–Crippen MR) is 120 cm³/mol. The maximum absolute atomic E-state index is 13.3. The van der Waals surface area contributed by atoms with Crippen LogP contribution in [0.4, 0.5) is 0 Å². The average Bonchev–Trinajstić information content (AvgIpc) is 2.73. The van der Waals surface area contributed by atoms with Gasteiger partial charge in [0.25, 0.3) is 5.56 Å². The van der Waals surface area contributed by atoms with E-state index in [-0.39, 0.29) is 16.7 Å². The quantitative estimate of drug-likeness (QED) is 0.444. The summed E-state index contributed by atoms with van der Waals surface area (Å²) in [5.41, 5.74) is 2.53. The van der Waals surface area contributed by atoms with Gasteiger partial charge in [0.15, 0.2) is 5.16 Å². The number of hydrogen-bond donors (Lipinski definition) is 1. The van der Waals surface area contributed by atoms with Gasteiger partial charge in [0.05, 0.1) is 21.8 Å². The molecule has 152 valence electrons. The van der Waals surface area contributed by atoms with Gasteiger partial charge >= 0.3 is 0 Å². The van der Waals surface area contributed by atoms with Gasteiger partial charge in [0, 0.05) is 6.54 Å². The molecule has 5 nitrogen and oxygen atoms in total. The third kappa shape index (κ3) is 4.88. The Morgan fingerprint density at radius 1 is 1.14 bits per heavy atom. The number of hydrogen-bond acceptors (Lipinski definition) is 4. The first-order valence-corrected chi connectivity index (χ1v) is 11.0. The number of aryl methyl sites for hydroxylation is 1. The number of para-hydroxylation sites is 1. The molecule has 29 heavy (non-hydrogen) atoms. The average molecular weight is 410 g/mol. The summed E-state index contributed by atoms with van der Waals surface area (Å²) < 4.78 is 1.62. The van der Waals surface area contributed by atoms with Crippen molar-refractivity contribution < 1.29 is 4.79 Å². The lowest BCUT2D eigenvalue weighted by Gasteiger charge is -2.16. The molecule has 6 heteroatoms. The summed E-state index contributed by atoms with van der Waals surface area (Å²) in [4.78, 5) is 30.2. The summed E-state index contributed by atoms with van der Waals surface area (Å²) in [6, 6.07) is 15.4. The topological polar surface area (TPSA) is 64.0 Å². The molecule has 1 aromatic heterocycles. The zero-order chi connectivity index (χ0) is 20.8. The first kappa shape index (κ1) is 21.1. The molecule has 0 aliphatic carbocycles. The fourth-order valence-electron chi connectivity index (χ4n) is 3.14. The van der Waals surface area contributed by atoms with Crippen molar-refractivity contribution in [1.82, 2.24) is 14.9 Å². The fourth-order valence-corrected chi connectivity index (χ4v) is 4.09. The van der Waals surface area contributed by atoms with Crippen LogP contribution in [-0.4, -0.2) is 27.3 Å². The minimum atomic E-state index is -0.363. The monoisotopic (exact) mass is 409 g/mol. The van der Waals surface area contributed by atoms with Gasteiger partial charge in [0.2, 0.25) is 5.91 Å². The summed E-state index contributed by atoms with van der Waals surface area (Å²) in [7, 11) is 0. The molecule has 3 rings (SSSR count). The zero-order valence-corrected chi connectivity index (χ0v) is 18.0. The lowest BCUT2D eigenvalue weighted by atomic mass is 10.1. The molecule has 0 fully saturated rings. The third-order valence-electron chi connectivity index (χ3n) is 4.76. The Hall–Kier alpha value is -2.60. The highest BCUT2D eigenvalue weighted by atomic mass is 32.2. The molecule has 0 bridgehead atoms. The number of carbonyl (C=O) groups is 1. The van der Waals surface area contributed by atoms with E-state index in [2.05, 4.69) is 24.4 Å². The molecule has 1 atom stereocenters. The Kier molecular flexibility index (Phi) is 7.09. The van der Waals surface area contributed by atoms with Gasteiger partial charge in [-0.25, -0.2) is 4.98 Å². The maximum atomic E-state index is 13.3. The van der Waals surface area contributed by atoms with Crippen molar-refractivity contribution in [3.63, 3.8) is 0 Å². The number of nitrogens with zero attached hydrogens (tertiary/aromatic N) is 2. The molecule has 0 saturated heterocycles. The Morgan fingerprint density at radius 3 is 2.55 bits per heavy atom. The molecule has 0 aliphatic heterocycles. The number of amides is 1. The van der Waals surface area contributed by atoms with Crippen LogP contribution in [0.1, 0.15) is 39.2 Å². The van der Waals surface area contributed by atoms with E-state index in [4.69, 9.17) is 4.98 Å². The molecule has 3 aromatic rings. The van der Waals surface area contributed by atoms with Crippen LogP contribution in [0.3, 0.4) is 0 Å². The van der Waals surface area contributed by atoms with E-state index in [0.717, 1.165) is 24.9 Å². The van der Waals surface area contributed by atoms with Crippen molar-refractivity contribution in [3.05, 3.63) is 64.4 Å². The Labute approximate surface area is 175 Å². The standard InChI is InChI=1S/C23H27N3O2S/c1-4-6-9-17-12-14-18(15-13-17)26-22(28)19-10-7-8-11-20(19)25-23(26)29-16(3)21(27)24-5-2/h7-8,10-16H,4-6,9H2,1-3H3,(H,24,27)/t16-/m0/s1. The van der Waals surface area contributed by atoms with E-state index >= 15 is 0 Å². The number of benzene rings is 2. The molecule has 0 unspecified atom stereocenters. The second-order valence-corrected chi connectivity index (χ2v) is 8.28. The van der Waals surface area contributed by atoms with Crippen LogP contribution in [0.2, 0.25) is 0 Å². The first-order valence-electron chi connectivity index (χ1n) is 10.1. The van der Waals surface area contributed by atoms with E-state index in [9.17, 15) is 9.59 Å². The summed E-state index contributed by atoms with van der Waals surface area (Å²) in [6.07, 6.45) is 3.31. The molecular weight excluding hydrogens is 382 g/mol. The molecule has 0 spiro atoms. The van der Waals surface area contributed by atoms with Crippen LogP contribution in [0.15, 0.2) is 58.5 Å². The van der Waals surface area contributed by atoms with E-state index in [0.29, 0.717) is 22.6 Å². The van der Waals surface area contributed by atoms with E-state index < -0.39 is 0 Å². The zero-order valence-electron chi connectivity index (χ0n) is 17.1. The summed E-state index contributed by atoms with van der Waals surface area (Å²) in [5, 5.41) is 3.55. The first-order chi connectivity index (χ1) is 14.0. The fraction of sp³-hybridized carbons (Fsp3) is 0.348. The van der Waals surface area contributed by atoms with Gasteiger partial charge in [-0.15, -0.1) is 0 Å². The van der Waals surface area contributed by atoms with Gasteiger partial charge in [-0.2, -0.15) is 0 Å². The van der Waals surface area contributed by atoms with Crippen LogP contribution in [0, 0.1) is 0 Å². The van der Waals surface area contributed by atoms with Crippen molar-refractivity contribution in [3.8, 4) is 5.69 Å². The van der Waals surface area contributed by atoms with Crippen molar-refractivity contribution in [2.75, 3.05) is 6.54 Å². The van der Waals surface area contributed by atoms with Crippen molar-refractivity contribution in [1.29, 1.82) is 0 Å². The molecule has 2 aromatic carbocycles. The number of carbonyl (C=O) groups excluding carboxylic acids is 1. The molecule has 1 heterocycles. The Balaban J connectivity index is 2.07. The van der Waals surface area contributed by atoms with Gasteiger partial charge in [-0.1, -0.05) is 49.4 Å². The highest BCUT2D eigenvalue weighted by Crippen LogP contribution is 2.25. The summed E-state index contributed by atoms with van der Waals surface area (Å²) in [6.45, 7) is 6.46. The number of rotatable bonds is 8. The molecule has 0 radical (unpaired) electrons. The van der Waals surface area contributed by atoms with Gasteiger partial charge in [-0.05, 0) is 56.5 Å². The highest BCUT2D eigenvalue weighted by Gasteiger charge is 2.19. The van der Waals surface area contributed by atoms with E-state index in [1.807, 2.05) is 44.2 Å². The van der Waals surface area contributed by atoms with Crippen LogP contribution in [0.5, 0.6) is 0 Å². The summed E-state index contributed by atoms with van der Waals surface area (Å²) in [5.74, 6) is -0.0682. The highest BCUT2D eigenvalue weighted by molar-refractivity contribution is 8.00. The number of aromatic nitrogens is 2. The molecule has 0 saturated carbocycles. The number of nitrogens with one attached hydrogen (secondary N) is 1. The number of thioether (sulfide) groups is 1. The van der Waals surface area contributed by atoms with Crippen LogP contribution in [-0.2, 0) is 11.2 Å².